The van der Waals surface area contributed by atoms with Gasteiger partial charge in [0.15, 0.2) is 5.78 Å². The van der Waals surface area contributed by atoms with E-state index in [4.69, 9.17) is 5.11 Å². The van der Waals surface area contributed by atoms with E-state index < -0.39 is 11.2 Å². The topological polar surface area (TPSA) is 54.4 Å². The van der Waals surface area contributed by atoms with Gasteiger partial charge in [0.05, 0.1) is 0 Å². The third-order valence-electron chi connectivity index (χ3n) is 2.98. The van der Waals surface area contributed by atoms with Gasteiger partial charge in [0.2, 0.25) is 0 Å². The van der Waals surface area contributed by atoms with E-state index in [9.17, 15) is 9.59 Å². The molecule has 2 aromatic rings. The standard InChI is InChI=1S/C10H7BrO3S.C6H5BrS/c11-5-1-2-8-6(3-5)7(12)4-9(15-8)10(13)14;7-5-1-3-6(8)4-2-5/h1-3,9H,4H2,(H,13,14);1-4,8H. The van der Waals surface area contributed by atoms with Gasteiger partial charge in [0, 0.05) is 30.7 Å². The Morgan fingerprint density at radius 3 is 2.30 bits per heavy atom. The van der Waals surface area contributed by atoms with Crippen LogP contribution in [-0.4, -0.2) is 22.1 Å². The minimum atomic E-state index is -0.929. The molecule has 1 aliphatic heterocycles. The number of hydrogen-bond acceptors (Lipinski definition) is 4. The highest BCUT2D eigenvalue weighted by Gasteiger charge is 2.30. The van der Waals surface area contributed by atoms with Crippen LogP contribution in [-0.2, 0) is 4.79 Å². The number of hydrogen-bond donors (Lipinski definition) is 2. The molecule has 1 unspecified atom stereocenters. The van der Waals surface area contributed by atoms with E-state index in [0.29, 0.717) is 5.56 Å². The Labute approximate surface area is 160 Å². The van der Waals surface area contributed by atoms with Crippen molar-refractivity contribution in [3.63, 3.8) is 0 Å². The number of carboxylic acid groups (broad SMARTS) is 1. The first-order chi connectivity index (χ1) is 10.9. The van der Waals surface area contributed by atoms with Crippen LogP contribution in [0.2, 0.25) is 0 Å². The highest BCUT2D eigenvalue weighted by molar-refractivity contribution is 9.10. The van der Waals surface area contributed by atoms with E-state index in [0.717, 1.165) is 18.7 Å². The number of aliphatic carboxylic acids is 1. The highest BCUT2D eigenvalue weighted by atomic mass is 79.9. The lowest BCUT2D eigenvalue weighted by Gasteiger charge is -2.19. The number of halogens is 2. The number of Topliss-reactive ketones (excluding diaryl/α,β-unsaturated/α-hetero) is 1. The summed E-state index contributed by atoms with van der Waals surface area (Å²) >= 11 is 11.9. The number of rotatable bonds is 1. The van der Waals surface area contributed by atoms with E-state index in [1.807, 2.05) is 30.3 Å². The minimum absolute atomic E-state index is 0.0729. The van der Waals surface area contributed by atoms with Crippen molar-refractivity contribution < 1.29 is 14.7 Å². The van der Waals surface area contributed by atoms with Crippen molar-refractivity contribution in [1.29, 1.82) is 0 Å². The van der Waals surface area contributed by atoms with Crippen LogP contribution in [0.25, 0.3) is 0 Å². The molecule has 0 bridgehead atoms. The normalized spacial score (nSPS) is 16.1. The van der Waals surface area contributed by atoms with Crippen molar-refractivity contribution >= 4 is 68.0 Å². The molecule has 0 amide bonds. The lowest BCUT2D eigenvalue weighted by molar-refractivity contribution is -0.136. The second-order valence-corrected chi connectivity index (χ2v) is 8.28. The van der Waals surface area contributed by atoms with Crippen molar-refractivity contribution in [3.05, 3.63) is 57.0 Å². The van der Waals surface area contributed by atoms with Gasteiger partial charge in [-0.1, -0.05) is 31.9 Å². The fourth-order valence-electron chi connectivity index (χ4n) is 1.87. The van der Waals surface area contributed by atoms with Gasteiger partial charge >= 0.3 is 5.97 Å². The second kappa shape index (κ2) is 8.37. The SMILES string of the molecule is O=C1CC(C(=O)O)Sc2ccc(Br)cc21.Sc1ccc(Br)cc1. The molecule has 2 aromatic carbocycles. The Morgan fingerprint density at radius 1 is 1.13 bits per heavy atom. The van der Waals surface area contributed by atoms with Crippen molar-refractivity contribution in [3.8, 4) is 0 Å². The molecule has 1 atom stereocenters. The van der Waals surface area contributed by atoms with Crippen molar-refractivity contribution in [2.75, 3.05) is 0 Å². The first-order valence-electron chi connectivity index (χ1n) is 6.53. The van der Waals surface area contributed by atoms with Gasteiger partial charge in [0.1, 0.15) is 5.25 Å². The van der Waals surface area contributed by atoms with E-state index in [1.54, 1.807) is 12.1 Å². The molecule has 0 aromatic heterocycles. The maximum absolute atomic E-state index is 11.7. The molecule has 1 aliphatic rings. The second-order valence-electron chi connectivity index (χ2n) is 4.69. The molecular weight excluding hydrogens is 464 g/mol. The molecule has 0 fully saturated rings. The zero-order valence-corrected chi connectivity index (χ0v) is 16.6. The van der Waals surface area contributed by atoms with Crippen LogP contribution < -0.4 is 0 Å². The maximum atomic E-state index is 11.7. The van der Waals surface area contributed by atoms with Gasteiger partial charge in [-0.2, -0.15) is 0 Å². The monoisotopic (exact) mass is 474 g/mol. The molecule has 0 spiro atoms. The summed E-state index contributed by atoms with van der Waals surface area (Å²) in [5.41, 5.74) is 0.617. The Kier molecular flexibility index (Phi) is 6.76. The van der Waals surface area contributed by atoms with Gasteiger partial charge < -0.3 is 5.11 Å². The summed E-state index contributed by atoms with van der Waals surface area (Å²) in [6.07, 6.45) is 0.0729. The van der Waals surface area contributed by atoms with Crippen LogP contribution in [0.4, 0.5) is 0 Å². The Morgan fingerprint density at radius 2 is 1.74 bits per heavy atom. The van der Waals surface area contributed by atoms with Crippen LogP contribution in [0, 0.1) is 0 Å². The fraction of sp³-hybridized carbons (Fsp3) is 0.125. The molecule has 3 nitrogen and oxygen atoms in total. The number of thiol groups is 1. The molecule has 3 rings (SSSR count). The quantitative estimate of drug-likeness (QED) is 0.548. The molecular formula is C16H12Br2O3S2. The third-order valence-corrected chi connectivity index (χ3v) is 5.57. The molecule has 0 saturated carbocycles. The maximum Gasteiger partial charge on any atom is 0.317 e. The number of ketones is 1. The average Bonchev–Trinajstić information content (AvgIpc) is 2.51. The average molecular weight is 476 g/mol. The van der Waals surface area contributed by atoms with E-state index in [2.05, 4.69) is 44.5 Å². The first-order valence-corrected chi connectivity index (χ1v) is 9.45. The summed E-state index contributed by atoms with van der Waals surface area (Å²) in [7, 11) is 0. The van der Waals surface area contributed by atoms with Gasteiger partial charge in [-0.25, -0.2) is 0 Å². The van der Waals surface area contributed by atoms with Crippen molar-refractivity contribution in [2.45, 2.75) is 21.5 Å². The van der Waals surface area contributed by atoms with Crippen LogP contribution in [0.1, 0.15) is 16.8 Å². The van der Waals surface area contributed by atoms with E-state index in [1.165, 1.54) is 11.8 Å². The molecule has 1 N–H and O–H groups in total. The third kappa shape index (κ3) is 5.38. The smallest absolute Gasteiger partial charge is 0.317 e. The lowest BCUT2D eigenvalue weighted by atomic mass is 10.1. The largest absolute Gasteiger partial charge is 0.480 e. The van der Waals surface area contributed by atoms with E-state index in [-0.39, 0.29) is 12.2 Å². The number of thioether (sulfide) groups is 1. The predicted molar refractivity (Wildman–Crippen MR) is 102 cm³/mol. The predicted octanol–water partition coefficient (Wildman–Crippen LogP) is 5.32. The Bertz CT molecular complexity index is 712. The first kappa shape index (κ1) is 18.6. The highest BCUT2D eigenvalue weighted by Crippen LogP contribution is 2.36. The van der Waals surface area contributed by atoms with Crippen LogP contribution in [0.15, 0.2) is 61.2 Å². The summed E-state index contributed by atoms with van der Waals surface area (Å²) in [4.78, 5) is 24.2. The van der Waals surface area contributed by atoms with Crippen LogP contribution in [0.3, 0.4) is 0 Å². The fourth-order valence-corrected chi connectivity index (χ4v) is 3.74. The number of carboxylic acids is 1. The summed E-state index contributed by atoms with van der Waals surface area (Å²) in [5.74, 6) is -1.03. The molecule has 23 heavy (non-hydrogen) atoms. The molecule has 0 saturated heterocycles. The zero-order valence-electron chi connectivity index (χ0n) is 11.7. The van der Waals surface area contributed by atoms with E-state index >= 15 is 0 Å². The molecule has 1 heterocycles. The summed E-state index contributed by atoms with van der Waals surface area (Å²) in [5, 5.41) is 8.21. The number of benzene rings is 2. The Balaban J connectivity index is 0.000000203. The van der Waals surface area contributed by atoms with Gasteiger partial charge in [-0.05, 0) is 42.5 Å². The molecule has 120 valence electrons. The Hall–Kier alpha value is -0.760. The van der Waals surface area contributed by atoms with Crippen molar-refractivity contribution in [1.82, 2.24) is 0 Å². The van der Waals surface area contributed by atoms with Crippen molar-refractivity contribution in [2.24, 2.45) is 0 Å². The van der Waals surface area contributed by atoms with Gasteiger partial charge in [0.25, 0.3) is 0 Å². The summed E-state index contributed by atoms with van der Waals surface area (Å²) in [6.45, 7) is 0. The van der Waals surface area contributed by atoms with Crippen LogP contribution in [0.5, 0.6) is 0 Å². The number of carbonyl (C=O) groups excluding carboxylic acids is 1. The number of carbonyl (C=O) groups is 2. The van der Waals surface area contributed by atoms with Crippen LogP contribution >= 0.6 is 56.3 Å². The minimum Gasteiger partial charge on any atom is -0.480 e. The molecule has 7 heteroatoms. The molecule has 0 radical (unpaired) electrons. The summed E-state index contributed by atoms with van der Waals surface area (Å²) in [6, 6.07) is 13.1. The van der Waals surface area contributed by atoms with Gasteiger partial charge in [-0.3, -0.25) is 9.59 Å². The molecule has 0 aliphatic carbocycles. The number of fused-ring (bicyclic) bond motifs is 1. The van der Waals surface area contributed by atoms with Gasteiger partial charge in [-0.15, -0.1) is 24.4 Å². The summed E-state index contributed by atoms with van der Waals surface area (Å²) < 4.78 is 1.93. The lowest BCUT2D eigenvalue weighted by Crippen LogP contribution is -2.24. The zero-order chi connectivity index (χ0) is 17.0.